The normalized spacial score (nSPS) is 17.7. The number of fused-ring (bicyclic) bond motifs is 1. The summed E-state index contributed by atoms with van der Waals surface area (Å²) in [7, 11) is 0. The molecule has 3 aromatic rings. The van der Waals surface area contributed by atoms with Crippen LogP contribution < -0.4 is 5.32 Å². The molecule has 0 radical (unpaired) electrons. The zero-order valence-corrected chi connectivity index (χ0v) is 13.5. The zero-order valence-electron chi connectivity index (χ0n) is 13.5. The Balaban J connectivity index is 1.63. The molecule has 0 spiro atoms. The van der Waals surface area contributed by atoms with Crippen LogP contribution in [0.15, 0.2) is 30.6 Å². The van der Waals surface area contributed by atoms with Crippen molar-refractivity contribution in [3.63, 3.8) is 0 Å². The Hall–Kier alpha value is -2.74. The Labute approximate surface area is 143 Å². The number of imidazole rings is 1. The number of anilines is 1. The largest absolute Gasteiger partial charge is 0.508 e. The number of hydrogen-bond donors (Lipinski definition) is 2. The molecule has 1 aliphatic heterocycles. The van der Waals surface area contributed by atoms with Crippen LogP contribution in [-0.2, 0) is 11.3 Å². The van der Waals surface area contributed by atoms with Crippen molar-refractivity contribution in [3.05, 3.63) is 42.2 Å². The Morgan fingerprint density at radius 1 is 1.32 bits per heavy atom. The average Bonchev–Trinajstić information content (AvgIpc) is 3.04. The standard InChI is InChI=1S/C17H18FN5O2/c18-17-21-15(19-9-11-4-3-5-12(24)8-11)14-16(22-17)23(10-20-14)13-6-1-2-7-25-13/h3-5,8,10,13,24H,1-2,6-7,9H2,(H,19,21,22). The van der Waals surface area contributed by atoms with E-state index in [4.69, 9.17) is 4.74 Å². The molecule has 7 nitrogen and oxygen atoms in total. The van der Waals surface area contributed by atoms with Gasteiger partial charge >= 0.3 is 6.08 Å². The Morgan fingerprint density at radius 2 is 2.24 bits per heavy atom. The van der Waals surface area contributed by atoms with Gasteiger partial charge < -0.3 is 15.2 Å². The molecule has 1 atom stereocenters. The van der Waals surface area contributed by atoms with Gasteiger partial charge in [-0.3, -0.25) is 4.57 Å². The second-order valence-corrected chi connectivity index (χ2v) is 6.01. The van der Waals surface area contributed by atoms with Crippen molar-refractivity contribution in [2.24, 2.45) is 0 Å². The molecule has 2 N–H and O–H groups in total. The van der Waals surface area contributed by atoms with Gasteiger partial charge in [0, 0.05) is 13.2 Å². The van der Waals surface area contributed by atoms with Crippen LogP contribution in [0, 0.1) is 6.08 Å². The summed E-state index contributed by atoms with van der Waals surface area (Å²) in [5, 5.41) is 12.6. The molecule has 1 saturated heterocycles. The van der Waals surface area contributed by atoms with Gasteiger partial charge in [-0.05, 0) is 37.0 Å². The Kier molecular flexibility index (Phi) is 4.19. The summed E-state index contributed by atoms with van der Waals surface area (Å²) < 4.78 is 21.4. The highest BCUT2D eigenvalue weighted by Gasteiger charge is 2.21. The Bertz CT molecular complexity index is 892. The molecule has 130 valence electrons. The summed E-state index contributed by atoms with van der Waals surface area (Å²) in [6, 6.07) is 6.84. The lowest BCUT2D eigenvalue weighted by molar-refractivity contribution is -0.0298. The topological polar surface area (TPSA) is 85.1 Å². The molecule has 0 bridgehead atoms. The van der Waals surface area contributed by atoms with Crippen LogP contribution in [0.1, 0.15) is 31.1 Å². The highest BCUT2D eigenvalue weighted by Crippen LogP contribution is 2.28. The third-order valence-electron chi connectivity index (χ3n) is 4.23. The van der Waals surface area contributed by atoms with Gasteiger partial charge in [-0.25, -0.2) is 4.98 Å². The molecule has 8 heteroatoms. The lowest BCUT2D eigenvalue weighted by atomic mass is 10.2. The molecule has 4 rings (SSSR count). The minimum Gasteiger partial charge on any atom is -0.508 e. The molecule has 0 aliphatic carbocycles. The number of nitrogens with one attached hydrogen (secondary N) is 1. The molecule has 0 amide bonds. The number of rotatable bonds is 4. The fraction of sp³-hybridized carbons (Fsp3) is 0.353. The molecule has 0 saturated carbocycles. The maximum absolute atomic E-state index is 13.9. The quantitative estimate of drug-likeness (QED) is 0.709. The van der Waals surface area contributed by atoms with Crippen molar-refractivity contribution in [3.8, 4) is 5.75 Å². The number of aromatic hydroxyl groups is 1. The van der Waals surface area contributed by atoms with E-state index in [9.17, 15) is 9.50 Å². The van der Waals surface area contributed by atoms with E-state index >= 15 is 0 Å². The predicted octanol–water partition coefficient (Wildman–Crippen LogP) is 2.98. The third-order valence-corrected chi connectivity index (χ3v) is 4.23. The molecule has 1 aliphatic rings. The van der Waals surface area contributed by atoms with Gasteiger partial charge in [0.1, 0.15) is 12.0 Å². The van der Waals surface area contributed by atoms with Crippen LogP contribution >= 0.6 is 0 Å². The van der Waals surface area contributed by atoms with E-state index in [-0.39, 0.29) is 12.0 Å². The summed E-state index contributed by atoms with van der Waals surface area (Å²) in [6.07, 6.45) is 3.57. The van der Waals surface area contributed by atoms with E-state index < -0.39 is 6.08 Å². The molecule has 2 aromatic heterocycles. The second-order valence-electron chi connectivity index (χ2n) is 6.01. The van der Waals surface area contributed by atoms with Crippen LogP contribution in [-0.4, -0.2) is 31.2 Å². The minimum absolute atomic E-state index is 0.174. The van der Waals surface area contributed by atoms with Gasteiger partial charge in [-0.2, -0.15) is 14.4 Å². The monoisotopic (exact) mass is 343 g/mol. The molecular formula is C17H18FN5O2. The van der Waals surface area contributed by atoms with Crippen LogP contribution in [0.4, 0.5) is 10.2 Å². The van der Waals surface area contributed by atoms with Crippen molar-refractivity contribution < 1.29 is 14.2 Å². The summed E-state index contributed by atoms with van der Waals surface area (Å²) in [6.45, 7) is 1.06. The van der Waals surface area contributed by atoms with Gasteiger partial charge in [0.15, 0.2) is 17.0 Å². The molecule has 1 aromatic carbocycles. The number of aromatic nitrogens is 4. The first kappa shape index (κ1) is 15.8. The van der Waals surface area contributed by atoms with Crippen LogP contribution in [0.5, 0.6) is 5.75 Å². The minimum atomic E-state index is -0.816. The van der Waals surface area contributed by atoms with E-state index in [1.807, 2.05) is 6.07 Å². The van der Waals surface area contributed by atoms with E-state index in [0.29, 0.717) is 30.1 Å². The summed E-state index contributed by atoms with van der Waals surface area (Å²) in [5.74, 6) is 0.498. The van der Waals surface area contributed by atoms with Gasteiger partial charge in [-0.15, -0.1) is 0 Å². The molecule has 1 unspecified atom stereocenters. The highest BCUT2D eigenvalue weighted by atomic mass is 19.1. The number of phenolic OH excluding ortho intramolecular Hbond substituents is 1. The van der Waals surface area contributed by atoms with Crippen LogP contribution in [0.3, 0.4) is 0 Å². The summed E-state index contributed by atoms with van der Waals surface area (Å²) in [4.78, 5) is 12.1. The third kappa shape index (κ3) is 3.25. The SMILES string of the molecule is Oc1cccc(CNc2nc(F)nc3c2ncn3C2CCCCO2)c1. The predicted molar refractivity (Wildman–Crippen MR) is 89.6 cm³/mol. The van der Waals surface area contributed by atoms with E-state index in [1.54, 1.807) is 29.1 Å². The number of nitrogens with zero attached hydrogens (tertiary/aromatic N) is 4. The fourth-order valence-corrected chi connectivity index (χ4v) is 3.02. The average molecular weight is 343 g/mol. The number of ether oxygens (including phenoxy) is 1. The van der Waals surface area contributed by atoms with Crippen LogP contribution in [0.25, 0.3) is 11.2 Å². The first-order valence-corrected chi connectivity index (χ1v) is 8.24. The van der Waals surface area contributed by atoms with Crippen molar-refractivity contribution >= 4 is 17.0 Å². The van der Waals surface area contributed by atoms with Crippen molar-refractivity contribution in [1.82, 2.24) is 19.5 Å². The second kappa shape index (κ2) is 6.64. The molecule has 25 heavy (non-hydrogen) atoms. The maximum Gasteiger partial charge on any atom is 0.312 e. The van der Waals surface area contributed by atoms with Gasteiger partial charge in [-0.1, -0.05) is 12.1 Å². The maximum atomic E-state index is 13.9. The first-order valence-electron chi connectivity index (χ1n) is 8.24. The first-order chi connectivity index (χ1) is 12.2. The van der Waals surface area contributed by atoms with Crippen molar-refractivity contribution in [1.29, 1.82) is 0 Å². The van der Waals surface area contributed by atoms with E-state index in [1.165, 1.54) is 0 Å². The number of benzene rings is 1. The Morgan fingerprint density at radius 3 is 3.04 bits per heavy atom. The van der Waals surface area contributed by atoms with Gasteiger partial charge in [0.2, 0.25) is 0 Å². The van der Waals surface area contributed by atoms with Crippen molar-refractivity contribution in [2.75, 3.05) is 11.9 Å². The molecule has 1 fully saturated rings. The lowest BCUT2D eigenvalue weighted by Gasteiger charge is -2.23. The number of phenols is 1. The van der Waals surface area contributed by atoms with Crippen LogP contribution in [0.2, 0.25) is 0 Å². The number of halogens is 1. The summed E-state index contributed by atoms with van der Waals surface area (Å²) >= 11 is 0. The molecular weight excluding hydrogens is 325 g/mol. The lowest BCUT2D eigenvalue weighted by Crippen LogP contribution is -2.18. The summed E-state index contributed by atoms with van der Waals surface area (Å²) in [5.41, 5.74) is 1.76. The van der Waals surface area contributed by atoms with E-state index in [2.05, 4.69) is 20.3 Å². The smallest absolute Gasteiger partial charge is 0.312 e. The fourth-order valence-electron chi connectivity index (χ4n) is 3.02. The van der Waals surface area contributed by atoms with Crippen molar-refractivity contribution in [2.45, 2.75) is 32.0 Å². The molecule has 3 heterocycles. The zero-order chi connectivity index (χ0) is 17.2. The number of hydrogen-bond acceptors (Lipinski definition) is 6. The highest BCUT2D eigenvalue weighted by molar-refractivity contribution is 5.82. The van der Waals surface area contributed by atoms with Gasteiger partial charge in [0.25, 0.3) is 0 Å². The van der Waals surface area contributed by atoms with E-state index in [0.717, 1.165) is 24.8 Å². The van der Waals surface area contributed by atoms with Gasteiger partial charge in [0.05, 0.1) is 6.33 Å².